The van der Waals surface area contributed by atoms with Crippen molar-refractivity contribution in [1.29, 1.82) is 0 Å². The fraction of sp³-hybridized carbons (Fsp3) is 0.227. The Morgan fingerprint density at radius 3 is 1.81 bits per heavy atom. The zero-order chi connectivity index (χ0) is 19.3. The molecule has 0 aliphatic heterocycles. The fourth-order valence-corrected chi connectivity index (χ4v) is 7.54. The zero-order valence-electron chi connectivity index (χ0n) is 16.1. The van der Waals surface area contributed by atoms with E-state index in [4.69, 9.17) is 17.0 Å². The lowest BCUT2D eigenvalue weighted by molar-refractivity contribution is 0.470. The quantitative estimate of drug-likeness (QED) is 0.478. The molecule has 0 saturated heterocycles. The molecular weight excluding hydrogens is 369 g/mol. The van der Waals surface area contributed by atoms with Gasteiger partial charge in [0, 0.05) is 36.9 Å². The maximum absolute atomic E-state index is 5.82. The second-order valence-electron chi connectivity index (χ2n) is 6.34. The lowest BCUT2D eigenvalue weighted by Gasteiger charge is -2.29. The van der Waals surface area contributed by atoms with Crippen LogP contribution in [-0.4, -0.2) is 27.7 Å². The molecule has 0 unspecified atom stereocenters. The molecule has 140 valence electrons. The van der Waals surface area contributed by atoms with E-state index >= 15 is 0 Å². The smallest absolute Gasteiger partial charge is 0.194 e. The van der Waals surface area contributed by atoms with Gasteiger partial charge >= 0.3 is 0 Å². The summed E-state index contributed by atoms with van der Waals surface area (Å²) in [5, 5.41) is 3.11. The summed E-state index contributed by atoms with van der Waals surface area (Å²) in [6, 6.07) is 25.5. The molecule has 0 amide bonds. The van der Waals surface area contributed by atoms with Crippen molar-refractivity contribution in [2.45, 2.75) is 13.8 Å². The summed E-state index contributed by atoms with van der Waals surface area (Å²) >= 11 is 5.82. The Morgan fingerprint density at radius 1 is 0.889 bits per heavy atom. The highest BCUT2D eigenvalue weighted by molar-refractivity contribution is 7.88. The largest absolute Gasteiger partial charge is 0.349 e. The minimum Gasteiger partial charge on any atom is -0.349 e. The van der Waals surface area contributed by atoms with Crippen LogP contribution in [0.25, 0.3) is 0 Å². The van der Waals surface area contributed by atoms with E-state index in [1.54, 1.807) is 0 Å². The Hall–Kier alpha value is -2.16. The van der Waals surface area contributed by atoms with E-state index in [-0.39, 0.29) is 0 Å². The molecule has 0 radical (unpaired) electrons. The number of aromatic nitrogens is 1. The van der Waals surface area contributed by atoms with Gasteiger partial charge in [-0.3, -0.25) is 0 Å². The predicted molar refractivity (Wildman–Crippen MR) is 122 cm³/mol. The molecule has 0 spiro atoms. The monoisotopic (exact) mass is 395 g/mol. The van der Waals surface area contributed by atoms with Gasteiger partial charge in [0.1, 0.15) is 0 Å². The standard InChI is InChI=1S/C22H26N3PS/c1-4-25(5-2)22(27)23-26(19-13-8-6-9-14-19,20-15-10-7-11-16-20)21-17-12-18-24(21)3/h6-18H,4-5H2,1-3H3. The lowest BCUT2D eigenvalue weighted by atomic mass is 10.4. The molecule has 0 atom stereocenters. The Labute approximate surface area is 167 Å². The third kappa shape index (κ3) is 3.78. The van der Waals surface area contributed by atoms with Crippen molar-refractivity contribution in [2.75, 3.05) is 13.1 Å². The van der Waals surface area contributed by atoms with Gasteiger partial charge in [0.15, 0.2) is 5.11 Å². The Bertz CT molecular complexity index is 900. The van der Waals surface area contributed by atoms with Crippen LogP contribution < -0.4 is 16.0 Å². The molecule has 0 N–H and O–H groups in total. The molecule has 0 saturated carbocycles. The molecule has 3 nitrogen and oxygen atoms in total. The van der Waals surface area contributed by atoms with Crippen molar-refractivity contribution < 1.29 is 0 Å². The number of hydrogen-bond acceptors (Lipinski definition) is 1. The highest BCUT2D eigenvalue weighted by Gasteiger charge is 2.30. The van der Waals surface area contributed by atoms with Gasteiger partial charge in [-0.2, -0.15) is 0 Å². The summed E-state index contributed by atoms with van der Waals surface area (Å²) in [5.41, 5.74) is 1.20. The van der Waals surface area contributed by atoms with Gasteiger partial charge in [0.25, 0.3) is 0 Å². The molecule has 0 aliphatic rings. The summed E-state index contributed by atoms with van der Waals surface area (Å²) in [6.45, 7) is 5.96. The van der Waals surface area contributed by atoms with Crippen LogP contribution in [0, 0.1) is 0 Å². The highest BCUT2D eigenvalue weighted by atomic mass is 32.1. The minimum absolute atomic E-state index is 0.683. The van der Waals surface area contributed by atoms with Crippen molar-refractivity contribution in [3.63, 3.8) is 0 Å². The molecule has 3 aromatic rings. The number of thiocarbonyl (C=S) groups is 1. The first-order valence-corrected chi connectivity index (χ1v) is 11.4. The molecular formula is C22H26N3PS. The van der Waals surface area contributed by atoms with Gasteiger partial charge in [-0.15, -0.1) is 0 Å². The summed E-state index contributed by atoms with van der Waals surface area (Å²) in [4.78, 5) is 2.15. The SMILES string of the molecule is CCN(CC)C(=S)N=P(c1ccccc1)(c1ccccc1)c1cccn1C. The van der Waals surface area contributed by atoms with Gasteiger partial charge in [0.05, 0.1) is 12.5 Å². The van der Waals surface area contributed by atoms with Crippen LogP contribution in [-0.2, 0) is 7.05 Å². The average molecular weight is 396 g/mol. The predicted octanol–water partition coefficient (Wildman–Crippen LogP) is 4.13. The van der Waals surface area contributed by atoms with Crippen LogP contribution >= 0.6 is 19.3 Å². The van der Waals surface area contributed by atoms with E-state index in [2.05, 4.69) is 109 Å². The molecule has 27 heavy (non-hydrogen) atoms. The van der Waals surface area contributed by atoms with Crippen molar-refractivity contribution >= 4 is 40.4 Å². The zero-order valence-corrected chi connectivity index (χ0v) is 17.8. The third-order valence-electron chi connectivity index (χ3n) is 4.78. The summed E-state index contributed by atoms with van der Waals surface area (Å²) in [5.74, 6) is 0. The molecule has 0 aliphatic carbocycles. The molecule has 5 heteroatoms. The normalized spacial score (nSPS) is 11.2. The first-order valence-electron chi connectivity index (χ1n) is 9.27. The van der Waals surface area contributed by atoms with E-state index in [9.17, 15) is 0 Å². The molecule has 3 rings (SSSR count). The summed E-state index contributed by atoms with van der Waals surface area (Å²) in [6.07, 6.45) is 2.09. The topological polar surface area (TPSA) is 20.5 Å². The van der Waals surface area contributed by atoms with E-state index in [0.717, 1.165) is 13.1 Å². The molecule has 2 aromatic carbocycles. The number of aryl methyl sites for hydroxylation is 1. The Balaban J connectivity index is 2.40. The molecule has 0 fully saturated rings. The van der Waals surface area contributed by atoms with E-state index in [1.165, 1.54) is 16.0 Å². The third-order valence-corrected chi connectivity index (χ3v) is 8.97. The van der Waals surface area contributed by atoms with Crippen LogP contribution in [0.1, 0.15) is 13.8 Å². The molecule has 0 bridgehead atoms. The van der Waals surface area contributed by atoms with Crippen LogP contribution in [0.5, 0.6) is 0 Å². The van der Waals surface area contributed by atoms with Crippen LogP contribution in [0.3, 0.4) is 0 Å². The summed E-state index contributed by atoms with van der Waals surface area (Å²) in [7, 11) is -0.185. The van der Waals surface area contributed by atoms with Gasteiger partial charge in [-0.1, -0.05) is 60.7 Å². The average Bonchev–Trinajstić information content (AvgIpc) is 3.14. The number of nitrogens with zero attached hydrogens (tertiary/aromatic N) is 3. The number of hydrogen-bond donors (Lipinski definition) is 0. The van der Waals surface area contributed by atoms with E-state index < -0.39 is 7.05 Å². The van der Waals surface area contributed by atoms with E-state index in [0.29, 0.717) is 5.11 Å². The first kappa shape index (κ1) is 19.6. The van der Waals surface area contributed by atoms with Gasteiger partial charge < -0.3 is 9.47 Å². The van der Waals surface area contributed by atoms with Crippen molar-refractivity contribution in [3.8, 4) is 0 Å². The maximum atomic E-state index is 5.82. The van der Waals surface area contributed by atoms with E-state index in [1.807, 2.05) is 0 Å². The van der Waals surface area contributed by atoms with Crippen LogP contribution in [0.4, 0.5) is 0 Å². The van der Waals surface area contributed by atoms with Gasteiger partial charge in [-0.05, 0) is 38.2 Å². The second kappa shape index (κ2) is 8.69. The molecule has 1 heterocycles. The van der Waals surface area contributed by atoms with Crippen molar-refractivity contribution in [1.82, 2.24) is 9.47 Å². The Kier molecular flexibility index (Phi) is 6.30. The highest BCUT2D eigenvalue weighted by Crippen LogP contribution is 2.46. The van der Waals surface area contributed by atoms with Crippen LogP contribution in [0.2, 0.25) is 0 Å². The first-order chi connectivity index (χ1) is 13.1. The van der Waals surface area contributed by atoms with Crippen molar-refractivity contribution in [2.24, 2.45) is 11.8 Å². The Morgan fingerprint density at radius 2 is 1.41 bits per heavy atom. The van der Waals surface area contributed by atoms with Gasteiger partial charge in [-0.25, -0.2) is 4.74 Å². The fourth-order valence-electron chi connectivity index (χ4n) is 3.34. The van der Waals surface area contributed by atoms with Crippen LogP contribution in [0.15, 0.2) is 83.7 Å². The summed E-state index contributed by atoms with van der Waals surface area (Å²) < 4.78 is 7.52. The second-order valence-corrected chi connectivity index (χ2v) is 9.67. The number of benzene rings is 2. The lowest BCUT2D eigenvalue weighted by Crippen LogP contribution is -2.33. The minimum atomic E-state index is -2.27. The number of rotatable bonds is 5. The van der Waals surface area contributed by atoms with Crippen molar-refractivity contribution in [3.05, 3.63) is 79.0 Å². The molecule has 1 aromatic heterocycles. The van der Waals surface area contributed by atoms with Gasteiger partial charge in [0.2, 0.25) is 0 Å². The maximum Gasteiger partial charge on any atom is 0.194 e.